The van der Waals surface area contributed by atoms with Crippen LogP contribution in [0, 0.1) is 0 Å². The number of benzene rings is 1. The van der Waals surface area contributed by atoms with Gasteiger partial charge < -0.3 is 10.3 Å². The van der Waals surface area contributed by atoms with Crippen LogP contribution >= 0.6 is 0 Å². The van der Waals surface area contributed by atoms with Gasteiger partial charge >= 0.3 is 0 Å². The molecule has 0 unspecified atom stereocenters. The molecular weight excluding hydrogens is 336 g/mol. The molecule has 4 rings (SSSR count). The van der Waals surface area contributed by atoms with E-state index in [1.807, 2.05) is 0 Å². The number of aromatic amines is 1. The molecule has 3 aromatic rings. The van der Waals surface area contributed by atoms with Crippen molar-refractivity contribution in [1.82, 2.24) is 30.5 Å². The molecule has 27 heavy (non-hydrogen) atoms. The van der Waals surface area contributed by atoms with Gasteiger partial charge in [0, 0.05) is 23.6 Å². The molecule has 1 aromatic carbocycles. The van der Waals surface area contributed by atoms with Crippen LogP contribution in [0.2, 0.25) is 0 Å². The minimum Gasteiger partial charge on any atom is -0.361 e. The van der Waals surface area contributed by atoms with Crippen LogP contribution in [0.5, 0.6) is 0 Å². The number of aromatic nitrogens is 5. The zero-order valence-electron chi connectivity index (χ0n) is 16.4. The summed E-state index contributed by atoms with van der Waals surface area (Å²) in [4.78, 5) is 3.37. The molecule has 1 aliphatic carbocycles. The third kappa shape index (κ3) is 3.63. The fourth-order valence-electron chi connectivity index (χ4n) is 4.30. The summed E-state index contributed by atoms with van der Waals surface area (Å²) in [5.74, 6) is 0.982. The Kier molecular flexibility index (Phi) is 5.25. The van der Waals surface area contributed by atoms with Gasteiger partial charge in [0.25, 0.3) is 0 Å². The Balaban J connectivity index is 1.47. The van der Waals surface area contributed by atoms with Gasteiger partial charge in [0.2, 0.25) is 0 Å². The maximum atomic E-state index is 4.43. The molecule has 6 nitrogen and oxygen atoms in total. The topological polar surface area (TPSA) is 71.4 Å². The standard InChI is InChI=1S/C21H30N6/c1-3-21(2,20-24-25-26-27(20)17-9-5-4-6-10-17)23-14-13-16-15-22-19-12-8-7-11-18(16)19/h7-8,11-12,15,17,22-23H,3-6,9-10,13-14H2,1-2H3/t21-/m0/s1. The second kappa shape index (κ2) is 7.80. The van der Waals surface area contributed by atoms with Crippen LogP contribution in [0.4, 0.5) is 0 Å². The summed E-state index contributed by atoms with van der Waals surface area (Å²) in [6.07, 6.45) is 10.3. The zero-order valence-corrected chi connectivity index (χ0v) is 16.4. The minimum atomic E-state index is -0.215. The van der Waals surface area contributed by atoms with Gasteiger partial charge in [-0.1, -0.05) is 44.4 Å². The minimum absolute atomic E-state index is 0.215. The van der Waals surface area contributed by atoms with Crippen molar-refractivity contribution < 1.29 is 0 Å². The highest BCUT2D eigenvalue weighted by Gasteiger charge is 2.33. The Morgan fingerprint density at radius 1 is 1.22 bits per heavy atom. The number of hydrogen-bond acceptors (Lipinski definition) is 4. The van der Waals surface area contributed by atoms with Gasteiger partial charge in [0.05, 0.1) is 11.6 Å². The summed E-state index contributed by atoms with van der Waals surface area (Å²) < 4.78 is 2.10. The predicted octanol–water partition coefficient (Wildman–Crippen LogP) is 4.12. The van der Waals surface area contributed by atoms with Crippen molar-refractivity contribution in [2.24, 2.45) is 0 Å². The van der Waals surface area contributed by atoms with E-state index in [-0.39, 0.29) is 5.54 Å². The smallest absolute Gasteiger partial charge is 0.171 e. The van der Waals surface area contributed by atoms with Crippen molar-refractivity contribution in [3.05, 3.63) is 41.9 Å². The Bertz CT molecular complexity index is 876. The molecule has 1 saturated carbocycles. The van der Waals surface area contributed by atoms with Crippen molar-refractivity contribution >= 4 is 10.9 Å². The van der Waals surface area contributed by atoms with Crippen molar-refractivity contribution in [3.63, 3.8) is 0 Å². The first kappa shape index (κ1) is 18.2. The van der Waals surface area contributed by atoms with Gasteiger partial charge in [-0.3, -0.25) is 0 Å². The fourth-order valence-corrected chi connectivity index (χ4v) is 4.30. The second-order valence-corrected chi connectivity index (χ2v) is 7.96. The van der Waals surface area contributed by atoms with Crippen molar-refractivity contribution in [2.75, 3.05) is 6.54 Å². The summed E-state index contributed by atoms with van der Waals surface area (Å²) in [5.41, 5.74) is 2.34. The average Bonchev–Trinajstić information content (AvgIpc) is 3.36. The van der Waals surface area contributed by atoms with E-state index in [0.717, 1.165) is 25.2 Å². The summed E-state index contributed by atoms with van der Waals surface area (Å²) >= 11 is 0. The number of fused-ring (bicyclic) bond motifs is 1. The second-order valence-electron chi connectivity index (χ2n) is 7.96. The monoisotopic (exact) mass is 366 g/mol. The number of nitrogens with one attached hydrogen (secondary N) is 2. The predicted molar refractivity (Wildman–Crippen MR) is 108 cm³/mol. The molecule has 1 atom stereocenters. The Hall–Kier alpha value is -2.21. The number of hydrogen-bond donors (Lipinski definition) is 2. The number of tetrazole rings is 1. The molecule has 1 fully saturated rings. The van der Waals surface area contributed by atoms with Gasteiger partial charge in [0.15, 0.2) is 5.82 Å². The molecule has 0 bridgehead atoms. The SMILES string of the molecule is CC[C@](C)(NCCc1c[nH]c2ccccc12)c1nnnn1C1CCCCC1. The molecule has 144 valence electrons. The van der Waals surface area contributed by atoms with Crippen molar-refractivity contribution in [3.8, 4) is 0 Å². The zero-order chi connectivity index (χ0) is 18.7. The molecular formula is C21H30N6. The quantitative estimate of drug-likeness (QED) is 0.660. The first-order valence-electron chi connectivity index (χ1n) is 10.3. The number of para-hydroxylation sites is 1. The van der Waals surface area contributed by atoms with Gasteiger partial charge in [0.1, 0.15) is 0 Å². The Morgan fingerprint density at radius 2 is 2.04 bits per heavy atom. The first-order valence-corrected chi connectivity index (χ1v) is 10.3. The summed E-state index contributed by atoms with van der Waals surface area (Å²) in [7, 11) is 0. The largest absolute Gasteiger partial charge is 0.361 e. The highest BCUT2D eigenvalue weighted by atomic mass is 15.6. The van der Waals surface area contributed by atoms with E-state index in [1.54, 1.807) is 0 Å². The van der Waals surface area contributed by atoms with Crippen LogP contribution in [0.15, 0.2) is 30.5 Å². The van der Waals surface area contributed by atoms with E-state index in [9.17, 15) is 0 Å². The van der Waals surface area contributed by atoms with Crippen molar-refractivity contribution in [2.45, 2.75) is 70.4 Å². The van der Waals surface area contributed by atoms with Gasteiger partial charge in [-0.2, -0.15) is 0 Å². The molecule has 2 N–H and O–H groups in total. The normalized spacial score (nSPS) is 18.0. The summed E-state index contributed by atoms with van der Waals surface area (Å²) in [5, 5.41) is 17.9. The number of rotatable bonds is 7. The van der Waals surface area contributed by atoms with E-state index in [1.165, 1.54) is 48.6 Å². The van der Waals surface area contributed by atoms with Crippen LogP contribution in [-0.4, -0.2) is 31.7 Å². The number of nitrogens with zero attached hydrogens (tertiary/aromatic N) is 4. The molecule has 6 heteroatoms. The van der Waals surface area contributed by atoms with Crippen molar-refractivity contribution in [1.29, 1.82) is 0 Å². The van der Waals surface area contributed by atoms with E-state index >= 15 is 0 Å². The van der Waals surface area contributed by atoms with Gasteiger partial charge in [-0.05, 0) is 54.7 Å². The highest BCUT2D eigenvalue weighted by molar-refractivity contribution is 5.83. The van der Waals surface area contributed by atoms with Crippen LogP contribution in [-0.2, 0) is 12.0 Å². The lowest BCUT2D eigenvalue weighted by molar-refractivity contribution is 0.267. The van der Waals surface area contributed by atoms with Gasteiger partial charge in [-0.25, -0.2) is 4.68 Å². The third-order valence-electron chi connectivity index (χ3n) is 6.20. The lowest BCUT2D eigenvalue weighted by atomic mass is 9.93. The molecule has 2 aromatic heterocycles. The molecule has 0 spiro atoms. The lowest BCUT2D eigenvalue weighted by Crippen LogP contribution is -2.43. The van der Waals surface area contributed by atoms with Crippen LogP contribution < -0.4 is 5.32 Å². The Labute approximate surface area is 160 Å². The van der Waals surface area contributed by atoms with Crippen LogP contribution in [0.25, 0.3) is 10.9 Å². The van der Waals surface area contributed by atoms with E-state index in [2.05, 4.69) is 74.8 Å². The Morgan fingerprint density at radius 3 is 2.85 bits per heavy atom. The molecule has 0 aliphatic heterocycles. The van der Waals surface area contributed by atoms with Crippen LogP contribution in [0.3, 0.4) is 0 Å². The number of H-pyrrole nitrogens is 1. The average molecular weight is 367 g/mol. The van der Waals surface area contributed by atoms with E-state index in [4.69, 9.17) is 0 Å². The van der Waals surface area contributed by atoms with E-state index in [0.29, 0.717) is 6.04 Å². The highest BCUT2D eigenvalue weighted by Crippen LogP contribution is 2.31. The third-order valence-corrected chi connectivity index (χ3v) is 6.20. The molecule has 0 amide bonds. The van der Waals surface area contributed by atoms with E-state index < -0.39 is 0 Å². The first-order chi connectivity index (χ1) is 13.2. The molecule has 2 heterocycles. The maximum absolute atomic E-state index is 4.43. The molecule has 0 saturated heterocycles. The summed E-state index contributed by atoms with van der Waals surface area (Å²) in [6.45, 7) is 5.33. The van der Waals surface area contributed by atoms with Crippen LogP contribution in [0.1, 0.15) is 69.8 Å². The molecule has 0 radical (unpaired) electrons. The lowest BCUT2D eigenvalue weighted by Gasteiger charge is -2.31. The summed E-state index contributed by atoms with van der Waals surface area (Å²) in [6, 6.07) is 8.93. The maximum Gasteiger partial charge on any atom is 0.171 e. The molecule has 1 aliphatic rings. The fraction of sp³-hybridized carbons (Fsp3) is 0.571. The van der Waals surface area contributed by atoms with Gasteiger partial charge in [-0.15, -0.1) is 5.10 Å².